The molecule has 0 saturated heterocycles. The molecule has 0 aliphatic carbocycles. The summed E-state index contributed by atoms with van der Waals surface area (Å²) in [5.74, 6) is -0.105. The van der Waals surface area contributed by atoms with Crippen molar-refractivity contribution in [3.8, 4) is 5.75 Å². The normalized spacial score (nSPS) is 12.5. The number of carbonyl (C=O) groups excluding carboxylic acids is 1. The first-order valence-electron chi connectivity index (χ1n) is 9.10. The summed E-state index contributed by atoms with van der Waals surface area (Å²) in [5, 5.41) is -1.63. The monoisotopic (exact) mass is 392 g/mol. The summed E-state index contributed by atoms with van der Waals surface area (Å²) in [7, 11) is 10.4. The van der Waals surface area contributed by atoms with Crippen LogP contribution >= 0.6 is 11.8 Å². The molecular formula is C16H23B6FN2O2S. The number of ether oxygens (including phenoxy) is 1. The highest BCUT2D eigenvalue weighted by atomic mass is 32.2. The number of hydrogen-bond donors (Lipinski definition) is 2. The van der Waals surface area contributed by atoms with E-state index in [0.29, 0.717) is 21.9 Å². The number of halogens is 1. The lowest BCUT2D eigenvalue weighted by Crippen LogP contribution is -2.60. The van der Waals surface area contributed by atoms with E-state index in [4.69, 9.17) is 16.2 Å². The van der Waals surface area contributed by atoms with Crippen LogP contribution in [0.25, 0.3) is 0 Å². The van der Waals surface area contributed by atoms with Gasteiger partial charge in [-0.15, -0.1) is 0 Å². The van der Waals surface area contributed by atoms with Crippen molar-refractivity contribution >= 4 is 70.4 Å². The third kappa shape index (κ3) is 4.59. The SMILES string of the molecule is BC(B)(F)C(B)(B)C(B)(B)Oc1ccc(Sc2ccccc2N)c(C(N)=O)c1. The molecule has 2 aromatic carbocycles. The van der Waals surface area contributed by atoms with Crippen molar-refractivity contribution < 1.29 is 13.9 Å². The lowest BCUT2D eigenvalue weighted by Gasteiger charge is -2.49. The maximum Gasteiger partial charge on any atom is 0.249 e. The maximum atomic E-state index is 14.7. The average molecular weight is 391 g/mol. The van der Waals surface area contributed by atoms with Crippen LogP contribution in [0, 0.1) is 0 Å². The quantitative estimate of drug-likeness (QED) is 0.392. The molecule has 0 bridgehead atoms. The zero-order valence-corrected chi connectivity index (χ0v) is 18.1. The molecule has 140 valence electrons. The molecule has 0 aromatic heterocycles. The first kappa shape index (κ1) is 22.5. The molecule has 0 aliphatic rings. The third-order valence-corrected chi connectivity index (χ3v) is 6.89. The minimum atomic E-state index is -1.47. The Bertz CT molecular complexity index is 892. The van der Waals surface area contributed by atoms with E-state index in [-0.39, 0.29) is 0 Å². The number of alkyl halides is 1. The van der Waals surface area contributed by atoms with Gasteiger partial charge in [0.25, 0.3) is 0 Å². The van der Waals surface area contributed by atoms with Crippen molar-refractivity contribution in [3.63, 3.8) is 0 Å². The highest BCUT2D eigenvalue weighted by Crippen LogP contribution is 2.42. The maximum absolute atomic E-state index is 14.7. The summed E-state index contributed by atoms with van der Waals surface area (Å²) < 4.78 is 20.9. The van der Waals surface area contributed by atoms with E-state index in [1.165, 1.54) is 27.5 Å². The summed E-state index contributed by atoms with van der Waals surface area (Å²) in [5.41, 5.74) is 11.1. The number of benzene rings is 2. The van der Waals surface area contributed by atoms with Crippen molar-refractivity contribution in [2.24, 2.45) is 5.73 Å². The van der Waals surface area contributed by atoms with Crippen LogP contribution in [0.3, 0.4) is 0 Å². The number of hydrogen-bond acceptors (Lipinski definition) is 4. The lowest BCUT2D eigenvalue weighted by molar-refractivity contribution is 0.0996. The van der Waals surface area contributed by atoms with Gasteiger partial charge >= 0.3 is 0 Å². The summed E-state index contributed by atoms with van der Waals surface area (Å²) in [6.07, 6.45) is 0. The Morgan fingerprint density at radius 1 is 1.00 bits per heavy atom. The Balaban J connectivity index is 2.37. The number of anilines is 1. The van der Waals surface area contributed by atoms with Crippen molar-refractivity contribution in [3.05, 3.63) is 48.0 Å². The second kappa shape index (κ2) is 7.90. The third-order valence-electron chi connectivity index (χ3n) is 5.72. The largest absolute Gasteiger partial charge is 0.506 e. The average Bonchev–Trinajstić information content (AvgIpc) is 2.56. The van der Waals surface area contributed by atoms with Gasteiger partial charge in [0.15, 0.2) is 0 Å². The molecule has 12 heteroatoms. The van der Waals surface area contributed by atoms with Crippen molar-refractivity contribution in [2.45, 2.75) is 25.9 Å². The van der Waals surface area contributed by atoms with Crippen LogP contribution < -0.4 is 16.2 Å². The Labute approximate surface area is 175 Å². The minimum Gasteiger partial charge on any atom is -0.506 e. The van der Waals surface area contributed by atoms with Gasteiger partial charge < -0.3 is 16.2 Å². The van der Waals surface area contributed by atoms with Crippen LogP contribution in [0.4, 0.5) is 10.1 Å². The minimum absolute atomic E-state index is 0.332. The zero-order valence-electron chi connectivity index (χ0n) is 17.3. The number of para-hydroxylation sites is 1. The number of carbonyl (C=O) groups is 1. The Kier molecular flexibility index (Phi) is 6.34. The molecule has 0 radical (unpaired) electrons. The summed E-state index contributed by atoms with van der Waals surface area (Å²) in [6.45, 7) is 0. The molecule has 2 rings (SSSR count). The Morgan fingerprint density at radius 2 is 1.61 bits per heavy atom. The van der Waals surface area contributed by atoms with Gasteiger partial charge in [-0.2, -0.15) is 0 Å². The molecule has 2 aromatic rings. The molecule has 0 atom stereocenters. The Hall–Kier alpha value is -1.82. The van der Waals surface area contributed by atoms with Gasteiger partial charge in [0, 0.05) is 26.3 Å². The molecule has 4 nitrogen and oxygen atoms in total. The Morgan fingerprint density at radius 3 is 2.14 bits per heavy atom. The topological polar surface area (TPSA) is 78.3 Å². The first-order valence-corrected chi connectivity index (χ1v) is 9.92. The predicted molar refractivity (Wildman–Crippen MR) is 131 cm³/mol. The van der Waals surface area contributed by atoms with E-state index in [0.717, 1.165) is 4.90 Å². The number of amides is 1. The number of nitrogen functional groups attached to an aromatic ring is 1. The van der Waals surface area contributed by atoms with Crippen LogP contribution in [-0.4, -0.2) is 63.9 Å². The summed E-state index contributed by atoms with van der Waals surface area (Å²) >= 11 is 1.36. The molecule has 0 spiro atoms. The molecule has 4 N–H and O–H groups in total. The van der Waals surface area contributed by atoms with E-state index in [1.54, 1.807) is 24.3 Å². The fourth-order valence-corrected chi connectivity index (χ4v) is 3.66. The van der Waals surface area contributed by atoms with Crippen molar-refractivity contribution in [1.82, 2.24) is 0 Å². The highest BCUT2D eigenvalue weighted by molar-refractivity contribution is 7.99. The van der Waals surface area contributed by atoms with E-state index in [1.807, 2.05) is 49.6 Å². The fraction of sp³-hybridized carbons (Fsp3) is 0.188. The van der Waals surface area contributed by atoms with E-state index in [9.17, 15) is 9.18 Å². The molecule has 0 unspecified atom stereocenters. The standard InChI is InChI=1S/C16H23B6FN2O2S/c17-14(18,15(19,20)23)16(21,22)27-8-5-6-11(9(7-8)13(25)26)28-12-4-2-1-3-10(12)24/h1-7H,17-22,24H2,(H2,25,26). The van der Waals surface area contributed by atoms with Gasteiger partial charge in [-0.05, 0) is 35.5 Å². The molecule has 1 amide bonds. The number of rotatable bonds is 7. The van der Waals surface area contributed by atoms with Crippen LogP contribution in [-0.2, 0) is 0 Å². The van der Waals surface area contributed by atoms with Crippen molar-refractivity contribution in [2.75, 3.05) is 5.73 Å². The van der Waals surface area contributed by atoms with E-state index >= 15 is 0 Å². The van der Waals surface area contributed by atoms with Gasteiger partial charge in [0.1, 0.15) is 52.8 Å². The van der Waals surface area contributed by atoms with Crippen LogP contribution in [0.1, 0.15) is 10.4 Å². The van der Waals surface area contributed by atoms with Gasteiger partial charge in [-0.25, -0.2) is 0 Å². The van der Waals surface area contributed by atoms with Crippen LogP contribution in [0.5, 0.6) is 5.75 Å². The molecule has 0 fully saturated rings. The van der Waals surface area contributed by atoms with Gasteiger partial charge in [0.2, 0.25) is 5.91 Å². The fourth-order valence-electron chi connectivity index (χ4n) is 2.68. The lowest BCUT2D eigenvalue weighted by atomic mass is 9.25. The van der Waals surface area contributed by atoms with Gasteiger partial charge in [-0.1, -0.05) is 23.9 Å². The number of nitrogens with two attached hydrogens (primary N) is 2. The second-order valence-corrected chi connectivity index (χ2v) is 9.46. The summed E-state index contributed by atoms with van der Waals surface area (Å²) in [4.78, 5) is 13.5. The first-order chi connectivity index (χ1) is 12.8. The molecule has 0 saturated carbocycles. The summed E-state index contributed by atoms with van der Waals surface area (Å²) in [6, 6.07) is 12.5. The van der Waals surface area contributed by atoms with Gasteiger partial charge in [-0.3, -0.25) is 9.18 Å². The second-order valence-electron chi connectivity index (χ2n) is 8.37. The van der Waals surface area contributed by atoms with Gasteiger partial charge in [0.05, 0.1) is 5.56 Å². The number of primary amides is 1. The van der Waals surface area contributed by atoms with Crippen LogP contribution in [0.2, 0.25) is 5.21 Å². The molecule has 0 heterocycles. The highest BCUT2D eigenvalue weighted by Gasteiger charge is 2.48. The van der Waals surface area contributed by atoms with Crippen LogP contribution in [0.15, 0.2) is 52.3 Å². The molecule has 0 aliphatic heterocycles. The predicted octanol–water partition coefficient (Wildman–Crippen LogP) is -2.91. The smallest absolute Gasteiger partial charge is 0.249 e. The molecular weight excluding hydrogens is 368 g/mol. The van der Waals surface area contributed by atoms with E-state index in [2.05, 4.69) is 0 Å². The van der Waals surface area contributed by atoms with Crippen molar-refractivity contribution in [1.29, 1.82) is 0 Å². The molecule has 28 heavy (non-hydrogen) atoms. The van der Waals surface area contributed by atoms with E-state index < -0.39 is 22.0 Å². The zero-order chi connectivity index (χ0) is 21.3.